The Morgan fingerprint density at radius 3 is 1.36 bits per heavy atom. The molecule has 3 heterocycles. The number of aromatic nitrogens is 2. The van der Waals surface area contributed by atoms with Gasteiger partial charge in [0.05, 0.1) is 0 Å². The molecule has 2 aromatic carbocycles. The van der Waals surface area contributed by atoms with Crippen molar-refractivity contribution >= 4 is 34.8 Å². The van der Waals surface area contributed by atoms with Gasteiger partial charge in [0.1, 0.15) is 11.6 Å². The fraction of sp³-hybridized carbons (Fsp3) is 0.143. The highest BCUT2D eigenvalue weighted by Gasteiger charge is 2.32. The molecule has 0 unspecified atom stereocenters. The first-order chi connectivity index (χ1) is 17.6. The van der Waals surface area contributed by atoms with Crippen molar-refractivity contribution in [1.82, 2.24) is 19.8 Å². The first-order valence-corrected chi connectivity index (χ1v) is 11.8. The second-order valence-electron chi connectivity index (χ2n) is 8.53. The molecule has 36 heavy (non-hydrogen) atoms. The first-order valence-electron chi connectivity index (χ1n) is 11.8. The fourth-order valence-electron chi connectivity index (χ4n) is 4.01. The van der Waals surface area contributed by atoms with E-state index in [0.29, 0.717) is 26.2 Å². The summed E-state index contributed by atoms with van der Waals surface area (Å²) >= 11 is 0. The Morgan fingerprint density at radius 1 is 0.583 bits per heavy atom. The molecule has 0 radical (unpaired) electrons. The summed E-state index contributed by atoms with van der Waals surface area (Å²) < 4.78 is 0. The SMILES string of the molecule is O=C1C(=O)N(Cc2ccc(Nc3ccccn3)cc2)CCN1Cc1ccc(Nc2ccccn2)cc1. The number of rotatable bonds is 8. The molecule has 0 atom stereocenters. The maximum atomic E-state index is 12.8. The number of hydrogen-bond acceptors (Lipinski definition) is 6. The van der Waals surface area contributed by atoms with Crippen LogP contribution in [0.25, 0.3) is 0 Å². The zero-order valence-electron chi connectivity index (χ0n) is 19.7. The molecule has 0 spiro atoms. The number of nitrogens with zero attached hydrogens (tertiary/aromatic N) is 4. The van der Waals surface area contributed by atoms with Crippen LogP contribution in [-0.4, -0.2) is 44.7 Å². The normalized spacial score (nSPS) is 13.6. The molecule has 8 nitrogen and oxygen atoms in total. The molecule has 1 aliphatic heterocycles. The number of piperazine rings is 1. The summed E-state index contributed by atoms with van der Waals surface area (Å²) in [7, 11) is 0. The summed E-state index contributed by atoms with van der Waals surface area (Å²) in [6.07, 6.45) is 3.46. The molecule has 1 aliphatic rings. The Labute approximate surface area is 209 Å². The van der Waals surface area contributed by atoms with Crippen LogP contribution >= 0.6 is 0 Å². The van der Waals surface area contributed by atoms with Gasteiger partial charge in [0.15, 0.2) is 0 Å². The molecule has 1 saturated heterocycles. The van der Waals surface area contributed by atoms with Gasteiger partial charge in [-0.2, -0.15) is 0 Å². The topological polar surface area (TPSA) is 90.5 Å². The highest BCUT2D eigenvalue weighted by Crippen LogP contribution is 2.19. The number of pyridine rings is 2. The molecule has 2 aromatic heterocycles. The summed E-state index contributed by atoms with van der Waals surface area (Å²) in [4.78, 5) is 37.3. The molecule has 1 fully saturated rings. The van der Waals surface area contributed by atoms with Crippen LogP contribution in [0.1, 0.15) is 11.1 Å². The summed E-state index contributed by atoms with van der Waals surface area (Å²) in [5.74, 6) is 0.596. The Bertz CT molecular complexity index is 1210. The van der Waals surface area contributed by atoms with Gasteiger partial charge in [0, 0.05) is 49.9 Å². The molecule has 2 N–H and O–H groups in total. The molecule has 0 bridgehead atoms. The summed E-state index contributed by atoms with van der Waals surface area (Å²) in [5.41, 5.74) is 3.75. The Kier molecular flexibility index (Phi) is 6.84. The van der Waals surface area contributed by atoms with Crippen LogP contribution in [0.15, 0.2) is 97.3 Å². The third-order valence-electron chi connectivity index (χ3n) is 5.93. The van der Waals surface area contributed by atoms with Gasteiger partial charge in [-0.3, -0.25) is 9.59 Å². The quantitative estimate of drug-likeness (QED) is 0.366. The molecular weight excluding hydrogens is 452 g/mol. The van der Waals surface area contributed by atoms with E-state index in [0.717, 1.165) is 34.1 Å². The molecule has 2 amide bonds. The minimum Gasteiger partial charge on any atom is -0.340 e. The lowest BCUT2D eigenvalue weighted by molar-refractivity contribution is -0.156. The summed E-state index contributed by atoms with van der Waals surface area (Å²) in [6, 6.07) is 26.9. The standard InChI is InChI=1S/C28H26N6O2/c35-27-28(36)34(20-22-9-13-24(14-10-22)32-26-6-2-4-16-30-26)18-17-33(27)19-21-7-11-23(12-8-21)31-25-5-1-3-15-29-25/h1-16H,17-20H2,(H,29,31)(H,30,32). The van der Waals surface area contributed by atoms with E-state index in [4.69, 9.17) is 0 Å². The zero-order valence-corrected chi connectivity index (χ0v) is 19.7. The number of amides is 2. The molecule has 5 rings (SSSR count). The van der Waals surface area contributed by atoms with Crippen LogP contribution in [0.5, 0.6) is 0 Å². The summed E-state index contributed by atoms with van der Waals surface area (Å²) in [5, 5.41) is 6.47. The monoisotopic (exact) mass is 478 g/mol. The minimum atomic E-state index is -0.467. The maximum absolute atomic E-state index is 12.8. The van der Waals surface area contributed by atoms with E-state index in [1.807, 2.05) is 84.9 Å². The van der Waals surface area contributed by atoms with E-state index >= 15 is 0 Å². The van der Waals surface area contributed by atoms with Crippen molar-refractivity contribution in [2.45, 2.75) is 13.1 Å². The van der Waals surface area contributed by atoms with Crippen LogP contribution in [0, 0.1) is 0 Å². The number of carbonyl (C=O) groups is 2. The predicted molar refractivity (Wildman–Crippen MR) is 139 cm³/mol. The fourth-order valence-corrected chi connectivity index (χ4v) is 4.01. The van der Waals surface area contributed by atoms with Crippen molar-refractivity contribution in [3.8, 4) is 0 Å². The molecule has 8 heteroatoms. The van der Waals surface area contributed by atoms with Crippen LogP contribution in [0.4, 0.5) is 23.0 Å². The average Bonchev–Trinajstić information content (AvgIpc) is 2.92. The van der Waals surface area contributed by atoms with Gasteiger partial charge in [-0.1, -0.05) is 36.4 Å². The third kappa shape index (κ3) is 5.67. The largest absolute Gasteiger partial charge is 0.340 e. The molecule has 0 aliphatic carbocycles. The number of carbonyl (C=O) groups excluding carboxylic acids is 2. The number of anilines is 4. The van der Waals surface area contributed by atoms with Crippen LogP contribution < -0.4 is 10.6 Å². The van der Waals surface area contributed by atoms with E-state index in [1.165, 1.54) is 0 Å². The average molecular weight is 479 g/mol. The zero-order chi connectivity index (χ0) is 24.7. The molecular formula is C28H26N6O2. The lowest BCUT2D eigenvalue weighted by Gasteiger charge is -2.34. The lowest BCUT2D eigenvalue weighted by atomic mass is 10.1. The van der Waals surface area contributed by atoms with E-state index in [2.05, 4.69) is 20.6 Å². The van der Waals surface area contributed by atoms with Gasteiger partial charge >= 0.3 is 11.8 Å². The third-order valence-corrected chi connectivity index (χ3v) is 5.93. The maximum Gasteiger partial charge on any atom is 0.312 e. The van der Waals surface area contributed by atoms with Crippen molar-refractivity contribution in [2.75, 3.05) is 23.7 Å². The first kappa shape index (κ1) is 23.0. The van der Waals surface area contributed by atoms with Crippen molar-refractivity contribution in [2.24, 2.45) is 0 Å². The molecule has 4 aromatic rings. The van der Waals surface area contributed by atoms with E-state index in [1.54, 1.807) is 22.2 Å². The molecule has 0 saturated carbocycles. The minimum absolute atomic E-state index is 0.399. The Hall–Kier alpha value is -4.72. The smallest absolute Gasteiger partial charge is 0.312 e. The highest BCUT2D eigenvalue weighted by atomic mass is 16.2. The predicted octanol–water partition coefficient (Wildman–Crippen LogP) is 4.33. The second kappa shape index (κ2) is 10.7. The van der Waals surface area contributed by atoms with Gasteiger partial charge in [-0.25, -0.2) is 9.97 Å². The van der Waals surface area contributed by atoms with Gasteiger partial charge in [-0.15, -0.1) is 0 Å². The van der Waals surface area contributed by atoms with Crippen LogP contribution in [0.2, 0.25) is 0 Å². The van der Waals surface area contributed by atoms with E-state index in [-0.39, 0.29) is 0 Å². The van der Waals surface area contributed by atoms with Gasteiger partial charge in [0.25, 0.3) is 0 Å². The van der Waals surface area contributed by atoms with Crippen LogP contribution in [0.3, 0.4) is 0 Å². The van der Waals surface area contributed by atoms with Crippen LogP contribution in [-0.2, 0) is 22.7 Å². The van der Waals surface area contributed by atoms with Crippen molar-refractivity contribution in [3.63, 3.8) is 0 Å². The summed E-state index contributed by atoms with van der Waals surface area (Å²) in [6.45, 7) is 1.79. The highest BCUT2D eigenvalue weighted by molar-refractivity contribution is 6.35. The van der Waals surface area contributed by atoms with Crippen molar-refractivity contribution in [1.29, 1.82) is 0 Å². The van der Waals surface area contributed by atoms with Crippen molar-refractivity contribution in [3.05, 3.63) is 108 Å². The Morgan fingerprint density at radius 2 is 1.00 bits per heavy atom. The second-order valence-corrected chi connectivity index (χ2v) is 8.53. The number of nitrogens with one attached hydrogen (secondary N) is 2. The van der Waals surface area contributed by atoms with Gasteiger partial charge < -0.3 is 20.4 Å². The van der Waals surface area contributed by atoms with Gasteiger partial charge in [-0.05, 0) is 59.7 Å². The van der Waals surface area contributed by atoms with E-state index in [9.17, 15) is 9.59 Å². The van der Waals surface area contributed by atoms with E-state index < -0.39 is 11.8 Å². The number of benzene rings is 2. The van der Waals surface area contributed by atoms with Gasteiger partial charge in [0.2, 0.25) is 0 Å². The van der Waals surface area contributed by atoms with Crippen molar-refractivity contribution < 1.29 is 9.59 Å². The lowest BCUT2D eigenvalue weighted by Crippen LogP contribution is -2.53. The Balaban J connectivity index is 1.14. The number of hydrogen-bond donors (Lipinski definition) is 2. The molecule has 180 valence electrons.